The first-order chi connectivity index (χ1) is 16.2. The number of amides is 1. The number of H-pyrrole nitrogens is 1. The zero-order valence-electron chi connectivity index (χ0n) is 18.4. The van der Waals surface area contributed by atoms with Gasteiger partial charge in [-0.2, -0.15) is 0 Å². The summed E-state index contributed by atoms with van der Waals surface area (Å²) in [5, 5.41) is 5.22. The minimum atomic E-state index is -0.315. The van der Waals surface area contributed by atoms with Gasteiger partial charge in [-0.1, -0.05) is 12.1 Å². The van der Waals surface area contributed by atoms with Crippen molar-refractivity contribution >= 4 is 38.4 Å². The Balaban J connectivity index is 1.05. The molecule has 172 valence electrons. The van der Waals surface area contributed by atoms with Gasteiger partial charge in [0.05, 0.1) is 11.5 Å². The number of benzene rings is 1. The highest BCUT2D eigenvalue weighted by Crippen LogP contribution is 2.30. The van der Waals surface area contributed by atoms with Crippen molar-refractivity contribution in [3.63, 3.8) is 0 Å². The predicted molar refractivity (Wildman–Crippen MR) is 129 cm³/mol. The van der Waals surface area contributed by atoms with Gasteiger partial charge in [-0.3, -0.25) is 4.79 Å². The molecule has 1 amide bonds. The summed E-state index contributed by atoms with van der Waals surface area (Å²) in [4.78, 5) is 23.5. The summed E-state index contributed by atoms with van der Waals surface area (Å²) in [6.07, 6.45) is 6.67. The van der Waals surface area contributed by atoms with E-state index in [9.17, 15) is 9.18 Å². The highest BCUT2D eigenvalue weighted by molar-refractivity contribution is 7.20. The van der Waals surface area contributed by atoms with Crippen LogP contribution in [0.25, 0.3) is 21.1 Å². The molecule has 1 aliphatic heterocycles. The van der Waals surface area contributed by atoms with Crippen molar-refractivity contribution in [2.24, 2.45) is 5.92 Å². The molecule has 0 spiro atoms. The van der Waals surface area contributed by atoms with Crippen molar-refractivity contribution < 1.29 is 13.9 Å². The van der Waals surface area contributed by atoms with Crippen LogP contribution in [0.2, 0.25) is 0 Å². The lowest BCUT2D eigenvalue weighted by Crippen LogP contribution is -2.39. The molecule has 6 nitrogen and oxygen atoms in total. The van der Waals surface area contributed by atoms with Crippen LogP contribution in [0.1, 0.15) is 28.9 Å². The fourth-order valence-corrected chi connectivity index (χ4v) is 5.45. The van der Waals surface area contributed by atoms with Crippen LogP contribution in [-0.2, 0) is 0 Å². The molecule has 0 bridgehead atoms. The summed E-state index contributed by atoms with van der Waals surface area (Å²) >= 11 is 1.51. The summed E-state index contributed by atoms with van der Waals surface area (Å²) < 4.78 is 20.2. The van der Waals surface area contributed by atoms with Crippen LogP contribution in [0.5, 0.6) is 5.75 Å². The van der Waals surface area contributed by atoms with Crippen LogP contribution in [0, 0.1) is 11.7 Å². The first-order valence-corrected chi connectivity index (χ1v) is 12.2. The van der Waals surface area contributed by atoms with E-state index in [0.717, 1.165) is 64.9 Å². The van der Waals surface area contributed by atoms with Gasteiger partial charge in [0.1, 0.15) is 5.65 Å². The fourth-order valence-electron chi connectivity index (χ4n) is 4.41. The Morgan fingerprint density at radius 3 is 2.97 bits per heavy atom. The maximum absolute atomic E-state index is 13.6. The third-order valence-corrected chi connectivity index (χ3v) is 7.34. The number of pyridine rings is 1. The van der Waals surface area contributed by atoms with E-state index in [2.05, 4.69) is 20.2 Å². The summed E-state index contributed by atoms with van der Waals surface area (Å²) in [7, 11) is 0. The molecule has 1 saturated heterocycles. The molecule has 1 aromatic carbocycles. The van der Waals surface area contributed by atoms with E-state index >= 15 is 0 Å². The molecule has 0 aliphatic carbocycles. The normalized spacial score (nSPS) is 15.3. The van der Waals surface area contributed by atoms with E-state index in [1.165, 1.54) is 17.4 Å². The number of carbonyl (C=O) groups is 1. The number of hydrogen-bond acceptors (Lipinski definition) is 5. The molecule has 1 aliphatic rings. The second-order valence-corrected chi connectivity index (χ2v) is 9.60. The van der Waals surface area contributed by atoms with Crippen LogP contribution in [0.3, 0.4) is 0 Å². The summed E-state index contributed by atoms with van der Waals surface area (Å²) in [6.45, 7) is 4.18. The highest BCUT2D eigenvalue weighted by Gasteiger charge is 2.20. The van der Waals surface area contributed by atoms with Crippen LogP contribution in [-0.4, -0.2) is 53.6 Å². The molecular weight excluding hydrogens is 439 g/mol. The lowest BCUT2D eigenvalue weighted by molar-refractivity contribution is 0.0939. The maximum Gasteiger partial charge on any atom is 0.261 e. The molecule has 4 aromatic rings. The summed E-state index contributed by atoms with van der Waals surface area (Å²) in [5.41, 5.74) is 0.858. The van der Waals surface area contributed by atoms with Gasteiger partial charge in [-0.25, -0.2) is 9.37 Å². The molecular formula is C25H27FN4O2S. The minimum Gasteiger partial charge on any atom is -0.490 e. The Hall–Kier alpha value is -2.97. The van der Waals surface area contributed by atoms with Crippen molar-refractivity contribution in [1.29, 1.82) is 0 Å². The summed E-state index contributed by atoms with van der Waals surface area (Å²) in [6, 6.07) is 10.4. The Bertz CT molecular complexity index is 1250. The molecule has 33 heavy (non-hydrogen) atoms. The van der Waals surface area contributed by atoms with Gasteiger partial charge in [0.25, 0.3) is 5.91 Å². The van der Waals surface area contributed by atoms with Crippen LogP contribution >= 0.6 is 11.3 Å². The number of likely N-dealkylation sites (tertiary alicyclic amines) is 1. The van der Waals surface area contributed by atoms with E-state index in [1.807, 2.05) is 24.5 Å². The van der Waals surface area contributed by atoms with Crippen molar-refractivity contribution in [2.75, 3.05) is 32.8 Å². The number of aromatic nitrogens is 2. The Morgan fingerprint density at radius 2 is 2.12 bits per heavy atom. The van der Waals surface area contributed by atoms with Gasteiger partial charge in [-0.15, -0.1) is 11.3 Å². The molecule has 0 radical (unpaired) electrons. The maximum atomic E-state index is 13.6. The third kappa shape index (κ3) is 5.02. The van der Waals surface area contributed by atoms with Crippen molar-refractivity contribution in [3.8, 4) is 5.75 Å². The molecule has 8 heteroatoms. The minimum absolute atomic E-state index is 0.0134. The number of nitrogens with one attached hydrogen (secondary N) is 2. The van der Waals surface area contributed by atoms with Crippen molar-refractivity contribution in [3.05, 3.63) is 59.5 Å². The SMILES string of the molecule is O=C(NCC1CCN(CCCOc2ccccc2F)CC1)c1cc2cnc3[nH]ccc(s1)c23. The molecule has 3 aromatic heterocycles. The molecule has 5 rings (SSSR count). The lowest BCUT2D eigenvalue weighted by Gasteiger charge is -2.32. The van der Waals surface area contributed by atoms with Gasteiger partial charge < -0.3 is 19.9 Å². The Labute approximate surface area is 195 Å². The highest BCUT2D eigenvalue weighted by atomic mass is 32.1. The summed E-state index contributed by atoms with van der Waals surface area (Å²) in [5.74, 6) is 0.480. The van der Waals surface area contributed by atoms with E-state index < -0.39 is 0 Å². The van der Waals surface area contributed by atoms with E-state index in [1.54, 1.807) is 18.2 Å². The first kappa shape index (κ1) is 21.9. The van der Waals surface area contributed by atoms with Gasteiger partial charge in [-0.05, 0) is 62.5 Å². The smallest absolute Gasteiger partial charge is 0.261 e. The Morgan fingerprint density at radius 1 is 1.27 bits per heavy atom. The number of ether oxygens (including phenoxy) is 1. The number of aromatic amines is 1. The molecule has 4 heterocycles. The second-order valence-electron chi connectivity index (χ2n) is 8.52. The number of carbonyl (C=O) groups excluding carboxylic acids is 1. The molecule has 0 saturated carbocycles. The van der Waals surface area contributed by atoms with Gasteiger partial charge in [0.2, 0.25) is 0 Å². The van der Waals surface area contributed by atoms with Crippen molar-refractivity contribution in [2.45, 2.75) is 19.3 Å². The standard InChI is InChI=1S/C25H27FN4O2S/c26-19-4-1-2-5-20(19)32-13-3-10-30-11-7-17(8-12-30)15-29-25(31)22-14-18-16-28-24-23(18)21(33-22)6-9-27-24/h1-2,4-6,9,14,16-17H,3,7-8,10-13,15H2,(H,27,28)(H,29,31). The van der Waals surface area contributed by atoms with Crippen molar-refractivity contribution in [1.82, 2.24) is 20.2 Å². The number of rotatable bonds is 8. The lowest BCUT2D eigenvalue weighted by atomic mass is 9.96. The second kappa shape index (κ2) is 9.89. The topological polar surface area (TPSA) is 70.2 Å². The number of hydrogen-bond donors (Lipinski definition) is 2. The van der Waals surface area contributed by atoms with Crippen LogP contribution < -0.4 is 10.1 Å². The number of para-hydroxylation sites is 1. The van der Waals surface area contributed by atoms with Crippen LogP contribution in [0.4, 0.5) is 4.39 Å². The van der Waals surface area contributed by atoms with Gasteiger partial charge in [0.15, 0.2) is 11.6 Å². The average Bonchev–Trinajstić information content (AvgIpc) is 3.26. The number of piperidine rings is 1. The molecule has 0 atom stereocenters. The zero-order valence-corrected chi connectivity index (χ0v) is 19.2. The van der Waals surface area contributed by atoms with Crippen LogP contribution in [0.15, 0.2) is 48.8 Å². The van der Waals surface area contributed by atoms with E-state index in [-0.39, 0.29) is 11.7 Å². The first-order valence-electron chi connectivity index (χ1n) is 11.4. The Kier molecular flexibility index (Phi) is 6.55. The fraction of sp³-hybridized carbons (Fsp3) is 0.360. The zero-order chi connectivity index (χ0) is 22.6. The van der Waals surface area contributed by atoms with E-state index in [4.69, 9.17) is 4.74 Å². The predicted octanol–water partition coefficient (Wildman–Crippen LogP) is 4.83. The average molecular weight is 467 g/mol. The molecule has 2 N–H and O–H groups in total. The number of halogens is 1. The van der Waals surface area contributed by atoms with Gasteiger partial charge >= 0.3 is 0 Å². The van der Waals surface area contributed by atoms with E-state index in [0.29, 0.717) is 24.8 Å². The third-order valence-electron chi connectivity index (χ3n) is 6.26. The number of nitrogens with zero attached hydrogens (tertiary/aromatic N) is 2. The molecule has 1 fully saturated rings. The van der Waals surface area contributed by atoms with Gasteiger partial charge in [0, 0.05) is 41.0 Å². The quantitative estimate of drug-likeness (QED) is 0.365. The largest absolute Gasteiger partial charge is 0.490 e. The molecule has 0 unspecified atom stereocenters. The monoisotopic (exact) mass is 466 g/mol.